The Hall–Kier alpha value is -0.870. The van der Waals surface area contributed by atoms with Gasteiger partial charge in [-0.1, -0.05) is 0 Å². The molecule has 1 N–H and O–H groups in total. The van der Waals surface area contributed by atoms with Gasteiger partial charge in [0.25, 0.3) is 0 Å². The minimum absolute atomic E-state index is 0.0176. The predicted molar refractivity (Wildman–Crippen MR) is 55.5 cm³/mol. The summed E-state index contributed by atoms with van der Waals surface area (Å²) in [7, 11) is 1.61. The first-order chi connectivity index (χ1) is 7.28. The monoisotopic (exact) mass is 211 g/mol. The molecular formula is C11H17NO3. The molecule has 2 rings (SSSR count). The standard InChI is InChI=1S/C11H17NO3/c1-14-11(4-6-12-7-5-11)10(13)9-3-2-8-15-9/h3,12H,2,4-8H2,1H3. The van der Waals surface area contributed by atoms with Crippen LogP contribution in [0.3, 0.4) is 0 Å². The Kier molecular flexibility index (Phi) is 3.07. The van der Waals surface area contributed by atoms with Crippen molar-refractivity contribution in [3.8, 4) is 0 Å². The lowest BCUT2D eigenvalue weighted by Crippen LogP contribution is -2.49. The number of ether oxygens (including phenoxy) is 2. The molecule has 15 heavy (non-hydrogen) atoms. The molecule has 0 aliphatic carbocycles. The van der Waals surface area contributed by atoms with E-state index in [9.17, 15) is 4.79 Å². The number of ketones is 1. The number of hydrogen-bond acceptors (Lipinski definition) is 4. The lowest BCUT2D eigenvalue weighted by molar-refractivity contribution is -0.143. The second-order valence-corrected chi connectivity index (χ2v) is 3.98. The smallest absolute Gasteiger partial charge is 0.228 e. The van der Waals surface area contributed by atoms with E-state index in [1.54, 1.807) is 7.11 Å². The molecule has 0 saturated carbocycles. The lowest BCUT2D eigenvalue weighted by Gasteiger charge is -2.34. The van der Waals surface area contributed by atoms with E-state index < -0.39 is 5.60 Å². The van der Waals surface area contributed by atoms with E-state index in [1.807, 2.05) is 6.08 Å². The number of methoxy groups -OCH3 is 1. The van der Waals surface area contributed by atoms with Gasteiger partial charge >= 0.3 is 0 Å². The lowest BCUT2D eigenvalue weighted by atomic mass is 9.86. The van der Waals surface area contributed by atoms with Crippen molar-refractivity contribution in [2.24, 2.45) is 0 Å². The van der Waals surface area contributed by atoms with Crippen LogP contribution < -0.4 is 5.32 Å². The van der Waals surface area contributed by atoms with Crippen LogP contribution in [-0.2, 0) is 14.3 Å². The minimum atomic E-state index is -0.651. The zero-order valence-corrected chi connectivity index (χ0v) is 9.04. The quantitative estimate of drug-likeness (QED) is 0.743. The molecule has 0 unspecified atom stereocenters. The van der Waals surface area contributed by atoms with E-state index >= 15 is 0 Å². The first-order valence-electron chi connectivity index (χ1n) is 5.42. The first kappa shape index (κ1) is 10.6. The molecule has 0 atom stereocenters. The highest BCUT2D eigenvalue weighted by molar-refractivity contribution is 6.00. The SMILES string of the molecule is COC1(C(=O)C2=CCCO2)CCNCC1. The highest BCUT2D eigenvalue weighted by Crippen LogP contribution is 2.28. The highest BCUT2D eigenvalue weighted by Gasteiger charge is 2.42. The third-order valence-corrected chi connectivity index (χ3v) is 3.14. The van der Waals surface area contributed by atoms with Crippen LogP contribution >= 0.6 is 0 Å². The molecule has 4 heteroatoms. The molecule has 0 spiro atoms. The number of carbonyl (C=O) groups excluding carboxylic acids is 1. The number of piperidine rings is 1. The fourth-order valence-electron chi connectivity index (χ4n) is 2.16. The van der Waals surface area contributed by atoms with Crippen molar-refractivity contribution in [2.75, 3.05) is 26.8 Å². The molecule has 0 amide bonds. The molecule has 4 nitrogen and oxygen atoms in total. The van der Waals surface area contributed by atoms with E-state index in [0.29, 0.717) is 12.4 Å². The van der Waals surface area contributed by atoms with Crippen molar-refractivity contribution in [3.05, 3.63) is 11.8 Å². The van der Waals surface area contributed by atoms with Gasteiger partial charge in [0.2, 0.25) is 5.78 Å². The molecule has 1 saturated heterocycles. The number of carbonyl (C=O) groups is 1. The van der Waals surface area contributed by atoms with E-state index in [0.717, 1.165) is 32.4 Å². The normalized spacial score (nSPS) is 24.5. The minimum Gasteiger partial charge on any atom is -0.490 e. The second kappa shape index (κ2) is 4.33. The summed E-state index contributed by atoms with van der Waals surface area (Å²) in [4.78, 5) is 12.2. The largest absolute Gasteiger partial charge is 0.490 e. The summed E-state index contributed by atoms with van der Waals surface area (Å²) in [5, 5.41) is 3.23. The number of hydrogen-bond donors (Lipinski definition) is 1. The Bertz CT molecular complexity index is 280. The van der Waals surface area contributed by atoms with Crippen LogP contribution in [0, 0.1) is 0 Å². The maximum Gasteiger partial charge on any atom is 0.228 e. The molecular weight excluding hydrogens is 194 g/mol. The summed E-state index contributed by atoms with van der Waals surface area (Å²) in [5.41, 5.74) is -0.651. The van der Waals surface area contributed by atoms with Gasteiger partial charge in [0, 0.05) is 13.5 Å². The molecule has 2 aliphatic heterocycles. The number of Topliss-reactive ketones (excluding diaryl/α,β-unsaturated/α-hetero) is 1. The van der Waals surface area contributed by atoms with Gasteiger partial charge < -0.3 is 14.8 Å². The second-order valence-electron chi connectivity index (χ2n) is 3.98. The topological polar surface area (TPSA) is 47.6 Å². The molecule has 84 valence electrons. The molecule has 0 bridgehead atoms. The molecule has 2 heterocycles. The first-order valence-corrected chi connectivity index (χ1v) is 5.42. The van der Waals surface area contributed by atoms with Crippen LogP contribution in [0.5, 0.6) is 0 Å². The Morgan fingerprint density at radius 1 is 1.53 bits per heavy atom. The summed E-state index contributed by atoms with van der Waals surface area (Å²) in [6.45, 7) is 2.28. The molecule has 0 aromatic heterocycles. The molecule has 0 aromatic rings. The van der Waals surface area contributed by atoms with Crippen LogP contribution in [-0.4, -0.2) is 38.2 Å². The third kappa shape index (κ3) is 1.92. The van der Waals surface area contributed by atoms with Gasteiger partial charge in [0.1, 0.15) is 5.60 Å². The fraction of sp³-hybridized carbons (Fsp3) is 0.727. The Labute approximate surface area is 89.6 Å². The van der Waals surface area contributed by atoms with Crippen molar-refractivity contribution in [3.63, 3.8) is 0 Å². The summed E-state index contributed by atoms with van der Waals surface area (Å²) in [6.07, 6.45) is 4.15. The summed E-state index contributed by atoms with van der Waals surface area (Å²) in [6, 6.07) is 0. The van der Waals surface area contributed by atoms with Crippen molar-refractivity contribution < 1.29 is 14.3 Å². The maximum absolute atomic E-state index is 12.2. The Balaban J connectivity index is 2.13. The van der Waals surface area contributed by atoms with Crippen molar-refractivity contribution in [1.82, 2.24) is 5.32 Å². The molecule has 1 fully saturated rings. The highest BCUT2D eigenvalue weighted by atomic mass is 16.5. The van der Waals surface area contributed by atoms with Crippen molar-refractivity contribution in [1.29, 1.82) is 0 Å². The fourth-order valence-corrected chi connectivity index (χ4v) is 2.16. The average molecular weight is 211 g/mol. The van der Waals surface area contributed by atoms with Crippen LogP contribution in [0.25, 0.3) is 0 Å². The van der Waals surface area contributed by atoms with Gasteiger partial charge in [0.05, 0.1) is 6.61 Å². The van der Waals surface area contributed by atoms with Crippen molar-refractivity contribution in [2.45, 2.75) is 24.9 Å². The summed E-state index contributed by atoms with van der Waals surface area (Å²) >= 11 is 0. The van der Waals surface area contributed by atoms with Gasteiger partial charge in [-0.25, -0.2) is 0 Å². The summed E-state index contributed by atoms with van der Waals surface area (Å²) in [5.74, 6) is 0.516. The van der Waals surface area contributed by atoms with E-state index in [2.05, 4.69) is 5.32 Å². The Morgan fingerprint density at radius 3 is 2.80 bits per heavy atom. The van der Waals surface area contributed by atoms with Crippen molar-refractivity contribution >= 4 is 5.78 Å². The zero-order valence-electron chi connectivity index (χ0n) is 9.04. The van der Waals surface area contributed by atoms with Crippen LogP contribution in [0.15, 0.2) is 11.8 Å². The average Bonchev–Trinajstić information content (AvgIpc) is 2.82. The molecule has 2 aliphatic rings. The van der Waals surface area contributed by atoms with Crippen LogP contribution in [0.2, 0.25) is 0 Å². The number of rotatable bonds is 3. The molecule has 0 aromatic carbocycles. The van der Waals surface area contributed by atoms with Gasteiger partial charge in [-0.2, -0.15) is 0 Å². The van der Waals surface area contributed by atoms with E-state index in [1.165, 1.54) is 0 Å². The third-order valence-electron chi connectivity index (χ3n) is 3.14. The van der Waals surface area contributed by atoms with Gasteiger partial charge in [-0.3, -0.25) is 4.79 Å². The molecule has 0 radical (unpaired) electrons. The van der Waals surface area contributed by atoms with E-state index in [-0.39, 0.29) is 5.78 Å². The predicted octanol–water partition coefficient (Wildman–Crippen LogP) is 0.628. The van der Waals surface area contributed by atoms with Gasteiger partial charge in [-0.15, -0.1) is 0 Å². The van der Waals surface area contributed by atoms with E-state index in [4.69, 9.17) is 9.47 Å². The number of nitrogens with one attached hydrogen (secondary N) is 1. The summed E-state index contributed by atoms with van der Waals surface area (Å²) < 4.78 is 10.7. The van der Waals surface area contributed by atoms with Gasteiger partial charge in [-0.05, 0) is 32.0 Å². The van der Waals surface area contributed by atoms with Gasteiger partial charge in [0.15, 0.2) is 5.76 Å². The maximum atomic E-state index is 12.2. The zero-order chi connectivity index (χ0) is 10.7. The van der Waals surface area contributed by atoms with Crippen LogP contribution in [0.1, 0.15) is 19.3 Å². The van der Waals surface area contributed by atoms with Crippen LogP contribution in [0.4, 0.5) is 0 Å². The Morgan fingerprint density at radius 2 is 2.27 bits per heavy atom.